The second-order valence-corrected chi connectivity index (χ2v) is 7.09. The molecule has 0 radical (unpaired) electrons. The van der Waals surface area contributed by atoms with E-state index in [1.807, 2.05) is 35.2 Å². The zero-order chi connectivity index (χ0) is 18.0. The highest BCUT2D eigenvalue weighted by atomic mass is 16.5. The number of benzene rings is 1. The summed E-state index contributed by atoms with van der Waals surface area (Å²) in [7, 11) is 0. The maximum absolute atomic E-state index is 12.5. The number of piperidine rings is 1. The van der Waals surface area contributed by atoms with Crippen molar-refractivity contribution in [2.75, 3.05) is 13.1 Å². The molecule has 1 aromatic heterocycles. The van der Waals surface area contributed by atoms with Crippen molar-refractivity contribution in [3.63, 3.8) is 0 Å². The van der Waals surface area contributed by atoms with Crippen LogP contribution in [0.5, 0.6) is 0 Å². The number of aryl methyl sites for hydroxylation is 1. The fourth-order valence-corrected chi connectivity index (χ4v) is 3.77. The van der Waals surface area contributed by atoms with Gasteiger partial charge in [0.2, 0.25) is 23.5 Å². The Morgan fingerprint density at radius 1 is 1.19 bits per heavy atom. The van der Waals surface area contributed by atoms with Crippen LogP contribution < -0.4 is 5.32 Å². The van der Waals surface area contributed by atoms with Gasteiger partial charge >= 0.3 is 0 Å². The first kappa shape index (κ1) is 16.8. The Balaban J connectivity index is 1.28. The van der Waals surface area contributed by atoms with Gasteiger partial charge in [0.05, 0.1) is 0 Å². The Morgan fingerprint density at radius 2 is 1.96 bits per heavy atom. The third-order valence-corrected chi connectivity index (χ3v) is 5.36. The van der Waals surface area contributed by atoms with Gasteiger partial charge in [0, 0.05) is 43.5 Å². The highest BCUT2D eigenvalue weighted by Gasteiger charge is 2.40. The molecule has 1 spiro atoms. The van der Waals surface area contributed by atoms with E-state index in [0.717, 1.165) is 24.8 Å². The van der Waals surface area contributed by atoms with Crippen LogP contribution in [0.1, 0.15) is 38.0 Å². The lowest BCUT2D eigenvalue weighted by molar-refractivity contribution is -0.133. The van der Waals surface area contributed by atoms with Crippen LogP contribution in [-0.4, -0.2) is 45.5 Å². The lowest BCUT2D eigenvalue weighted by atomic mass is 9.86. The molecular formula is C19H22N4O3. The third-order valence-electron chi connectivity index (χ3n) is 5.36. The van der Waals surface area contributed by atoms with Crippen molar-refractivity contribution in [3.05, 3.63) is 36.2 Å². The number of nitrogens with zero attached hydrogens (tertiary/aromatic N) is 3. The van der Waals surface area contributed by atoms with E-state index < -0.39 is 0 Å². The minimum absolute atomic E-state index is 0.0784. The monoisotopic (exact) mass is 354 g/mol. The molecule has 2 aliphatic heterocycles. The Bertz CT molecular complexity index is 794. The first-order valence-corrected chi connectivity index (χ1v) is 9.10. The standard InChI is InChI=1S/C19H22N4O3/c24-15-8-9-19(21-15)10-12-23(13-11-19)17(25)7-6-16-20-18(22-26-16)14-4-2-1-3-5-14/h1-5H,6-13H2,(H,21,24). The number of likely N-dealkylation sites (tertiary alicyclic amines) is 1. The summed E-state index contributed by atoms with van der Waals surface area (Å²) in [5.74, 6) is 1.26. The maximum atomic E-state index is 12.5. The molecule has 0 unspecified atom stereocenters. The van der Waals surface area contributed by atoms with E-state index in [2.05, 4.69) is 15.5 Å². The van der Waals surface area contributed by atoms with Crippen LogP contribution in [0.3, 0.4) is 0 Å². The molecule has 2 aromatic rings. The van der Waals surface area contributed by atoms with Crippen molar-refractivity contribution in [3.8, 4) is 11.4 Å². The van der Waals surface area contributed by atoms with E-state index in [1.54, 1.807) is 0 Å². The van der Waals surface area contributed by atoms with E-state index in [9.17, 15) is 9.59 Å². The highest BCUT2D eigenvalue weighted by Crippen LogP contribution is 2.31. The fourth-order valence-electron chi connectivity index (χ4n) is 3.77. The molecule has 0 aliphatic carbocycles. The molecule has 2 saturated heterocycles. The molecule has 1 N–H and O–H groups in total. The smallest absolute Gasteiger partial charge is 0.227 e. The van der Waals surface area contributed by atoms with Crippen LogP contribution >= 0.6 is 0 Å². The van der Waals surface area contributed by atoms with E-state index in [4.69, 9.17) is 4.52 Å². The van der Waals surface area contributed by atoms with Gasteiger partial charge in [-0.15, -0.1) is 0 Å². The number of hydrogen-bond acceptors (Lipinski definition) is 5. The molecule has 7 heteroatoms. The number of rotatable bonds is 4. The summed E-state index contributed by atoms with van der Waals surface area (Å²) >= 11 is 0. The van der Waals surface area contributed by atoms with Crippen LogP contribution in [0.4, 0.5) is 0 Å². The summed E-state index contributed by atoms with van der Waals surface area (Å²) in [6.07, 6.45) is 3.96. The van der Waals surface area contributed by atoms with Crippen molar-refractivity contribution in [2.24, 2.45) is 0 Å². The number of carbonyl (C=O) groups excluding carboxylic acids is 2. The first-order chi connectivity index (χ1) is 12.6. The van der Waals surface area contributed by atoms with E-state index in [1.165, 1.54) is 0 Å². The number of nitrogens with one attached hydrogen (secondary N) is 1. The number of carbonyl (C=O) groups is 2. The summed E-state index contributed by atoms with van der Waals surface area (Å²) in [5, 5.41) is 7.08. The molecule has 3 heterocycles. The molecule has 4 rings (SSSR count). The van der Waals surface area contributed by atoms with Crippen LogP contribution in [0, 0.1) is 0 Å². The van der Waals surface area contributed by atoms with Gasteiger partial charge in [-0.25, -0.2) is 0 Å². The van der Waals surface area contributed by atoms with Crippen LogP contribution in [-0.2, 0) is 16.0 Å². The van der Waals surface area contributed by atoms with E-state index in [0.29, 0.717) is 44.1 Å². The van der Waals surface area contributed by atoms with Crippen LogP contribution in [0.15, 0.2) is 34.9 Å². The molecule has 2 fully saturated rings. The number of hydrogen-bond donors (Lipinski definition) is 1. The maximum Gasteiger partial charge on any atom is 0.227 e. The average molecular weight is 354 g/mol. The fraction of sp³-hybridized carbons (Fsp3) is 0.474. The van der Waals surface area contributed by atoms with Gasteiger partial charge in [-0.2, -0.15) is 4.98 Å². The van der Waals surface area contributed by atoms with Gasteiger partial charge in [0.25, 0.3) is 0 Å². The zero-order valence-corrected chi connectivity index (χ0v) is 14.6. The third kappa shape index (κ3) is 3.47. The predicted molar refractivity (Wildman–Crippen MR) is 94.0 cm³/mol. The highest BCUT2D eigenvalue weighted by molar-refractivity contribution is 5.80. The predicted octanol–water partition coefficient (Wildman–Crippen LogP) is 1.94. The topological polar surface area (TPSA) is 88.3 Å². The average Bonchev–Trinajstić information content (AvgIpc) is 3.28. The Labute approximate surface area is 151 Å². The molecule has 26 heavy (non-hydrogen) atoms. The van der Waals surface area contributed by atoms with Gasteiger partial charge in [0.1, 0.15) is 0 Å². The van der Waals surface area contributed by atoms with Gasteiger partial charge in [-0.1, -0.05) is 35.5 Å². The minimum Gasteiger partial charge on any atom is -0.351 e. The summed E-state index contributed by atoms with van der Waals surface area (Å²) in [4.78, 5) is 30.2. The van der Waals surface area contributed by atoms with Gasteiger partial charge < -0.3 is 14.7 Å². The molecular weight excluding hydrogens is 332 g/mol. The van der Waals surface area contributed by atoms with Gasteiger partial charge in [-0.3, -0.25) is 9.59 Å². The van der Waals surface area contributed by atoms with E-state index >= 15 is 0 Å². The minimum atomic E-state index is -0.0784. The van der Waals surface area contributed by atoms with Crippen molar-refractivity contribution in [2.45, 2.75) is 44.1 Å². The molecule has 1 aromatic carbocycles. The second-order valence-electron chi connectivity index (χ2n) is 7.09. The molecule has 0 bridgehead atoms. The Kier molecular flexibility index (Phi) is 4.44. The summed E-state index contributed by atoms with van der Waals surface area (Å²) in [6.45, 7) is 1.39. The lowest BCUT2D eigenvalue weighted by Crippen LogP contribution is -2.52. The molecule has 136 valence electrons. The summed E-state index contributed by atoms with van der Waals surface area (Å²) < 4.78 is 5.27. The molecule has 2 aliphatic rings. The molecule has 7 nitrogen and oxygen atoms in total. The van der Waals surface area contributed by atoms with Crippen molar-refractivity contribution in [1.29, 1.82) is 0 Å². The summed E-state index contributed by atoms with van der Waals surface area (Å²) in [5.41, 5.74) is 0.819. The zero-order valence-electron chi connectivity index (χ0n) is 14.6. The largest absolute Gasteiger partial charge is 0.351 e. The Morgan fingerprint density at radius 3 is 2.65 bits per heavy atom. The number of aromatic nitrogens is 2. The normalized spacial score (nSPS) is 18.9. The lowest BCUT2D eigenvalue weighted by Gasteiger charge is -2.39. The quantitative estimate of drug-likeness (QED) is 0.906. The van der Waals surface area contributed by atoms with Crippen LogP contribution in [0.25, 0.3) is 11.4 Å². The van der Waals surface area contributed by atoms with Crippen LogP contribution in [0.2, 0.25) is 0 Å². The first-order valence-electron chi connectivity index (χ1n) is 9.10. The molecule has 0 atom stereocenters. The number of amides is 2. The molecule has 0 saturated carbocycles. The summed E-state index contributed by atoms with van der Waals surface area (Å²) in [6, 6.07) is 9.62. The molecule has 2 amide bonds. The van der Waals surface area contributed by atoms with Crippen molar-refractivity contribution < 1.29 is 14.1 Å². The van der Waals surface area contributed by atoms with E-state index in [-0.39, 0.29) is 17.4 Å². The van der Waals surface area contributed by atoms with Gasteiger partial charge in [0.15, 0.2) is 0 Å². The van der Waals surface area contributed by atoms with Gasteiger partial charge in [-0.05, 0) is 19.3 Å². The van der Waals surface area contributed by atoms with Crippen molar-refractivity contribution in [1.82, 2.24) is 20.4 Å². The van der Waals surface area contributed by atoms with Crippen molar-refractivity contribution >= 4 is 11.8 Å². The Hall–Kier alpha value is -2.70. The second kappa shape index (κ2) is 6.90. The SMILES string of the molecule is O=C1CCC2(CCN(C(=O)CCc3nc(-c4ccccc4)no3)CC2)N1.